The minimum atomic E-state index is -4.48. The van der Waals surface area contributed by atoms with Gasteiger partial charge in [0.15, 0.2) is 6.61 Å². The largest absolute Gasteiger partial charge is 0.361 e. The van der Waals surface area contributed by atoms with E-state index < -0.39 is 67.1 Å². The smallest absolute Gasteiger partial charge is 0.344 e. The number of aliphatic imine (C=N–C) groups is 1. The first-order valence-electron chi connectivity index (χ1n) is 16.6. The van der Waals surface area contributed by atoms with Crippen LogP contribution in [0.3, 0.4) is 0 Å². The monoisotopic (exact) mass is 786 g/mol. The summed E-state index contributed by atoms with van der Waals surface area (Å²) in [5.74, 6) is -3.51. The molecule has 0 unspecified atom stereocenters. The number of allylic oxidation sites excluding steroid dienone is 8. The fraction of sp³-hybridized carbons (Fsp3) is 0.361. The van der Waals surface area contributed by atoms with Crippen LogP contribution in [-0.4, -0.2) is 79.3 Å². The Balaban J connectivity index is 1.45. The van der Waals surface area contributed by atoms with Crippen molar-refractivity contribution in [2.45, 2.75) is 64.2 Å². The Morgan fingerprint density at radius 1 is 1.02 bits per heavy atom. The predicted molar refractivity (Wildman–Crippen MR) is 197 cm³/mol. The van der Waals surface area contributed by atoms with Crippen molar-refractivity contribution in [3.8, 4) is 0 Å². The summed E-state index contributed by atoms with van der Waals surface area (Å²) in [5.41, 5.74) is 4.51. The molecule has 3 N–H and O–H groups in total. The fourth-order valence-corrected chi connectivity index (χ4v) is 7.11. The van der Waals surface area contributed by atoms with Crippen LogP contribution < -0.4 is 10.4 Å². The quantitative estimate of drug-likeness (QED) is 0.0803. The number of carbonyl (C=O) groups excluding carboxylic acids is 4. The van der Waals surface area contributed by atoms with E-state index in [2.05, 4.69) is 17.1 Å². The van der Waals surface area contributed by atoms with Gasteiger partial charge >= 0.3 is 5.97 Å². The van der Waals surface area contributed by atoms with Crippen LogP contribution in [0.15, 0.2) is 99.7 Å². The van der Waals surface area contributed by atoms with Crippen molar-refractivity contribution in [1.82, 2.24) is 10.5 Å². The van der Waals surface area contributed by atoms with Gasteiger partial charge in [0.05, 0.1) is 22.1 Å². The lowest BCUT2D eigenvalue weighted by Gasteiger charge is -2.27. The number of rotatable bonds is 14. The third-order valence-electron chi connectivity index (χ3n) is 8.98. The molecule has 0 aromatic heterocycles. The first kappa shape index (κ1) is 41.7. The number of nitrogens with one attached hydrogen (secondary N) is 1. The molecule has 1 fully saturated rings. The van der Waals surface area contributed by atoms with E-state index >= 15 is 0 Å². The third-order valence-corrected chi connectivity index (χ3v) is 10.6. The Kier molecular flexibility index (Phi) is 12.5. The molecule has 4 rings (SSSR count). The highest BCUT2D eigenvalue weighted by Gasteiger charge is 2.41. The van der Waals surface area contributed by atoms with Gasteiger partial charge in [-0.1, -0.05) is 58.6 Å². The van der Waals surface area contributed by atoms with Crippen molar-refractivity contribution >= 4 is 55.3 Å². The summed E-state index contributed by atoms with van der Waals surface area (Å²) < 4.78 is 65.5. The molecule has 1 saturated heterocycles. The van der Waals surface area contributed by atoms with E-state index in [1.165, 1.54) is 18.2 Å². The van der Waals surface area contributed by atoms with Crippen molar-refractivity contribution in [1.29, 1.82) is 0 Å². The fourth-order valence-electron chi connectivity index (χ4n) is 6.11. The normalized spacial score (nSPS) is 20.2. The van der Waals surface area contributed by atoms with Crippen LogP contribution in [0.1, 0.15) is 59.4 Å². The maximum absolute atomic E-state index is 12.9. The summed E-state index contributed by atoms with van der Waals surface area (Å²) in [6.07, 6.45) is 11.9. The molecule has 16 nitrogen and oxygen atoms in total. The number of hydrogen-bond acceptors (Lipinski definition) is 12. The van der Waals surface area contributed by atoms with Gasteiger partial charge in [-0.25, -0.2) is 10.3 Å². The van der Waals surface area contributed by atoms with Crippen LogP contribution in [0.4, 0.5) is 5.69 Å². The van der Waals surface area contributed by atoms with Crippen molar-refractivity contribution < 1.29 is 54.8 Å². The average molecular weight is 787 g/mol. The second-order valence-corrected chi connectivity index (χ2v) is 16.5. The molecule has 1 aromatic rings. The van der Waals surface area contributed by atoms with E-state index in [1.54, 1.807) is 49.4 Å². The third kappa shape index (κ3) is 9.55. The summed E-state index contributed by atoms with van der Waals surface area (Å²) in [6, 6.07) is 4.21. The lowest BCUT2D eigenvalue weighted by atomic mass is 9.80. The number of benzene rings is 1. The number of amides is 3. The van der Waals surface area contributed by atoms with E-state index in [0.29, 0.717) is 33.3 Å². The predicted octanol–water partition coefficient (Wildman–Crippen LogP) is 3.83. The number of carbonyl (C=O) groups is 4. The summed E-state index contributed by atoms with van der Waals surface area (Å²) in [7, 11) is -8.69. The molecule has 0 bridgehead atoms. The molecular weight excluding hydrogens is 745 g/mol. The molecule has 3 aliphatic rings. The summed E-state index contributed by atoms with van der Waals surface area (Å²) in [4.78, 5) is 63.9. The standard InChI is InChI=1S/C36H42N4O12S2/c1-7-24(34(44)38-51-22-33(43)52-40-31(41)16-17-32(40)42)20-26-23(2)37-29(35(26,3)4)12-9-8-10-13-30-36(5,6)27-21-25(54(48,49)50)14-15-28(27)39(30)18-11-19-53(45,46)47/h7-10,12-15,20-21H,2,11,16-19,22H2,1,3-6H3,(H,38,44)(H,45,46,47)(H,48,49,50)/b10-8+,12-9+,24-7+,26-20+,30-13+. The molecule has 3 aliphatic heterocycles. The summed E-state index contributed by atoms with van der Waals surface area (Å²) in [5, 5.41) is 0.373. The van der Waals surface area contributed by atoms with E-state index in [9.17, 15) is 45.1 Å². The molecule has 0 atom stereocenters. The zero-order chi connectivity index (χ0) is 40.2. The molecule has 290 valence electrons. The Bertz CT molecular complexity index is 2160. The average Bonchev–Trinajstić information content (AvgIpc) is 3.58. The minimum Gasteiger partial charge on any atom is -0.344 e. The molecule has 0 radical (unpaired) electrons. The van der Waals surface area contributed by atoms with E-state index in [1.807, 2.05) is 32.6 Å². The van der Waals surface area contributed by atoms with Gasteiger partial charge in [0.1, 0.15) is 0 Å². The number of imide groups is 1. The van der Waals surface area contributed by atoms with Crippen molar-refractivity contribution in [3.63, 3.8) is 0 Å². The zero-order valence-electron chi connectivity index (χ0n) is 30.4. The SMILES string of the molecule is C=C1N=C(/C=C/C=C/C=C2/N(CCCS(=O)(=O)O)c3ccc(S(=O)(=O)O)cc3C2(C)C)C(C)(C)/C1=C/C(=C\C)C(=O)NOCC(=O)ON1C(=O)CCC1=O. The number of anilines is 1. The van der Waals surface area contributed by atoms with Crippen LogP contribution in [0.2, 0.25) is 0 Å². The van der Waals surface area contributed by atoms with Gasteiger partial charge < -0.3 is 9.74 Å². The Hall–Kier alpha value is -5.01. The molecule has 1 aromatic carbocycles. The van der Waals surface area contributed by atoms with E-state index in [0.717, 1.165) is 5.70 Å². The van der Waals surface area contributed by atoms with E-state index in [4.69, 9.17) is 9.68 Å². The van der Waals surface area contributed by atoms with Crippen LogP contribution in [-0.2, 0) is 54.5 Å². The number of hydrogen-bond donors (Lipinski definition) is 3. The van der Waals surface area contributed by atoms with Gasteiger partial charge in [-0.3, -0.25) is 33.3 Å². The molecular formula is C36H42N4O12S2. The molecule has 3 heterocycles. The summed E-state index contributed by atoms with van der Waals surface area (Å²) >= 11 is 0. The molecule has 0 aliphatic carbocycles. The van der Waals surface area contributed by atoms with Crippen LogP contribution in [0, 0.1) is 5.41 Å². The van der Waals surface area contributed by atoms with Gasteiger partial charge in [-0.15, -0.1) is 5.06 Å². The lowest BCUT2D eigenvalue weighted by Crippen LogP contribution is -2.35. The Morgan fingerprint density at radius 3 is 2.30 bits per heavy atom. The topological polar surface area (TPSA) is 226 Å². The zero-order valence-corrected chi connectivity index (χ0v) is 32.0. The van der Waals surface area contributed by atoms with Gasteiger partial charge in [0.2, 0.25) is 0 Å². The van der Waals surface area contributed by atoms with Crippen LogP contribution in [0.25, 0.3) is 0 Å². The molecule has 54 heavy (non-hydrogen) atoms. The summed E-state index contributed by atoms with van der Waals surface area (Å²) in [6.45, 7) is 12.6. The first-order valence-corrected chi connectivity index (χ1v) is 19.7. The Morgan fingerprint density at radius 2 is 1.69 bits per heavy atom. The van der Waals surface area contributed by atoms with Crippen LogP contribution in [0.5, 0.6) is 0 Å². The molecule has 0 spiro atoms. The second-order valence-electron chi connectivity index (χ2n) is 13.5. The lowest BCUT2D eigenvalue weighted by molar-refractivity contribution is -0.201. The minimum absolute atomic E-state index is 0.0635. The highest BCUT2D eigenvalue weighted by atomic mass is 32.2. The van der Waals surface area contributed by atoms with Crippen LogP contribution >= 0.6 is 0 Å². The molecule has 3 amide bonds. The Labute approximate surface area is 313 Å². The van der Waals surface area contributed by atoms with E-state index in [-0.39, 0.29) is 36.3 Å². The van der Waals surface area contributed by atoms with Gasteiger partial charge in [-0.05, 0) is 60.9 Å². The maximum atomic E-state index is 12.9. The second kappa shape index (κ2) is 16.2. The number of fused-ring (bicyclic) bond motifs is 1. The van der Waals surface area contributed by atoms with Crippen molar-refractivity contribution in [2.24, 2.45) is 10.4 Å². The highest BCUT2D eigenvalue weighted by Crippen LogP contribution is 2.48. The number of hydroxylamine groups is 3. The highest BCUT2D eigenvalue weighted by molar-refractivity contribution is 7.86. The maximum Gasteiger partial charge on any atom is 0.361 e. The van der Waals surface area contributed by atoms with Gasteiger partial charge in [0, 0.05) is 47.2 Å². The van der Waals surface area contributed by atoms with Gasteiger partial charge in [-0.2, -0.15) is 16.8 Å². The van der Waals surface area contributed by atoms with Crippen molar-refractivity contribution in [3.05, 3.63) is 95.4 Å². The molecule has 18 heteroatoms. The van der Waals surface area contributed by atoms with Gasteiger partial charge in [0.25, 0.3) is 38.0 Å². The van der Waals surface area contributed by atoms with Crippen molar-refractivity contribution in [2.75, 3.05) is 23.8 Å². The molecule has 0 saturated carbocycles. The number of nitrogens with zero attached hydrogens (tertiary/aromatic N) is 3. The first-order chi connectivity index (χ1) is 25.1.